The minimum Gasteiger partial charge on any atom is -0.337 e. The smallest absolute Gasteiger partial charge is 0.266 e. The highest BCUT2D eigenvalue weighted by atomic mass is 16.5. The van der Waals surface area contributed by atoms with E-state index in [-0.39, 0.29) is 0 Å². The normalized spacial score (nSPS) is 29.4. The quantitative estimate of drug-likeness (QED) is 0.810. The van der Waals surface area contributed by atoms with E-state index in [1.54, 1.807) is 0 Å². The molecule has 1 saturated carbocycles. The Hall–Kier alpha value is -1.84. The zero-order valence-corrected chi connectivity index (χ0v) is 10.3. The molecule has 2 fully saturated rings. The van der Waals surface area contributed by atoms with Crippen LogP contribution in [0.25, 0.3) is 11.5 Å². The number of nitrogens with zero attached hydrogens (tertiary/aromatic N) is 3. The third kappa shape index (κ3) is 1.45. The van der Waals surface area contributed by atoms with Crippen LogP contribution in [0.1, 0.15) is 13.3 Å². The highest BCUT2D eigenvalue weighted by molar-refractivity contribution is 5.54. The van der Waals surface area contributed by atoms with Crippen LogP contribution in [-0.4, -0.2) is 23.2 Å². The summed E-state index contributed by atoms with van der Waals surface area (Å²) in [5, 5.41) is 4.10. The van der Waals surface area contributed by atoms with E-state index in [1.807, 2.05) is 30.3 Å². The van der Waals surface area contributed by atoms with Gasteiger partial charge in [-0.15, -0.1) is 0 Å². The average molecular weight is 241 g/mol. The summed E-state index contributed by atoms with van der Waals surface area (Å²) in [4.78, 5) is 6.74. The van der Waals surface area contributed by atoms with E-state index in [4.69, 9.17) is 4.52 Å². The van der Waals surface area contributed by atoms with E-state index in [1.165, 1.54) is 6.42 Å². The van der Waals surface area contributed by atoms with Gasteiger partial charge in [0.05, 0.1) is 0 Å². The highest BCUT2D eigenvalue weighted by Crippen LogP contribution is 2.57. The first-order valence-corrected chi connectivity index (χ1v) is 6.39. The van der Waals surface area contributed by atoms with Gasteiger partial charge < -0.3 is 9.42 Å². The second-order valence-corrected chi connectivity index (χ2v) is 5.70. The molecule has 1 aromatic heterocycles. The van der Waals surface area contributed by atoms with E-state index in [2.05, 4.69) is 22.0 Å². The van der Waals surface area contributed by atoms with Crippen LogP contribution in [0.5, 0.6) is 0 Å². The SMILES string of the molecule is CC12CC1CN(c1noc(-c3ccccc3)n1)C2. The Morgan fingerprint density at radius 1 is 1.33 bits per heavy atom. The van der Waals surface area contributed by atoms with Gasteiger partial charge in [0.25, 0.3) is 11.8 Å². The van der Waals surface area contributed by atoms with Crippen molar-refractivity contribution in [1.82, 2.24) is 10.1 Å². The summed E-state index contributed by atoms with van der Waals surface area (Å²) >= 11 is 0. The van der Waals surface area contributed by atoms with Crippen molar-refractivity contribution in [3.63, 3.8) is 0 Å². The summed E-state index contributed by atoms with van der Waals surface area (Å²) < 4.78 is 5.34. The summed E-state index contributed by atoms with van der Waals surface area (Å²) in [6.45, 7) is 4.48. The maximum Gasteiger partial charge on any atom is 0.266 e. The Morgan fingerprint density at radius 2 is 2.17 bits per heavy atom. The molecule has 0 bridgehead atoms. The minimum atomic E-state index is 0.507. The topological polar surface area (TPSA) is 42.2 Å². The predicted molar refractivity (Wildman–Crippen MR) is 68.2 cm³/mol. The third-order valence-electron chi connectivity index (χ3n) is 4.25. The average Bonchev–Trinajstić information content (AvgIpc) is 2.82. The van der Waals surface area contributed by atoms with Crippen molar-refractivity contribution < 1.29 is 4.52 Å². The van der Waals surface area contributed by atoms with Crippen LogP contribution >= 0.6 is 0 Å². The number of piperidine rings is 1. The Morgan fingerprint density at radius 3 is 2.89 bits per heavy atom. The van der Waals surface area contributed by atoms with Crippen LogP contribution in [0.15, 0.2) is 34.9 Å². The molecular formula is C14H15N3O. The van der Waals surface area contributed by atoms with Crippen molar-refractivity contribution in [3.8, 4) is 11.5 Å². The molecule has 1 aliphatic heterocycles. The zero-order valence-electron chi connectivity index (χ0n) is 10.3. The molecule has 0 amide bonds. The number of anilines is 1. The van der Waals surface area contributed by atoms with Crippen LogP contribution in [0, 0.1) is 11.3 Å². The van der Waals surface area contributed by atoms with Crippen LogP contribution in [0.4, 0.5) is 5.95 Å². The van der Waals surface area contributed by atoms with Gasteiger partial charge in [-0.2, -0.15) is 4.98 Å². The van der Waals surface area contributed by atoms with Crippen LogP contribution < -0.4 is 4.90 Å². The van der Waals surface area contributed by atoms with Crippen molar-refractivity contribution in [2.45, 2.75) is 13.3 Å². The number of hydrogen-bond acceptors (Lipinski definition) is 4. The van der Waals surface area contributed by atoms with Gasteiger partial charge in [0.1, 0.15) is 0 Å². The van der Waals surface area contributed by atoms with Crippen molar-refractivity contribution in [3.05, 3.63) is 30.3 Å². The van der Waals surface area contributed by atoms with Crippen LogP contribution in [0.2, 0.25) is 0 Å². The van der Waals surface area contributed by atoms with Crippen LogP contribution in [0.3, 0.4) is 0 Å². The molecule has 92 valence electrons. The lowest BCUT2D eigenvalue weighted by atomic mass is 10.1. The highest BCUT2D eigenvalue weighted by Gasteiger charge is 2.56. The second kappa shape index (κ2) is 3.34. The van der Waals surface area contributed by atoms with Gasteiger partial charge in [0, 0.05) is 18.7 Å². The number of hydrogen-bond donors (Lipinski definition) is 0. The minimum absolute atomic E-state index is 0.507. The monoisotopic (exact) mass is 241 g/mol. The zero-order chi connectivity index (χ0) is 12.2. The first-order valence-electron chi connectivity index (χ1n) is 6.39. The Bertz CT molecular complexity index is 580. The third-order valence-corrected chi connectivity index (χ3v) is 4.25. The van der Waals surface area contributed by atoms with Gasteiger partial charge in [0.2, 0.25) is 0 Å². The molecule has 0 N–H and O–H groups in total. The molecule has 18 heavy (non-hydrogen) atoms. The molecule has 1 aromatic carbocycles. The van der Waals surface area contributed by atoms with E-state index in [9.17, 15) is 0 Å². The largest absolute Gasteiger partial charge is 0.337 e. The molecule has 2 unspecified atom stereocenters. The molecule has 1 saturated heterocycles. The predicted octanol–water partition coefficient (Wildman–Crippen LogP) is 2.58. The van der Waals surface area contributed by atoms with Gasteiger partial charge in [-0.25, -0.2) is 0 Å². The number of fused-ring (bicyclic) bond motifs is 1. The van der Waals surface area contributed by atoms with E-state index in [0.717, 1.165) is 30.5 Å². The summed E-state index contributed by atoms with van der Waals surface area (Å²) in [5.74, 6) is 2.18. The van der Waals surface area contributed by atoms with Crippen molar-refractivity contribution in [2.24, 2.45) is 11.3 Å². The fourth-order valence-corrected chi connectivity index (χ4v) is 2.94. The Kier molecular flexibility index (Phi) is 1.88. The summed E-state index contributed by atoms with van der Waals surface area (Å²) in [6.07, 6.45) is 1.35. The van der Waals surface area contributed by atoms with E-state index < -0.39 is 0 Å². The first kappa shape index (κ1) is 10.1. The molecule has 0 radical (unpaired) electrons. The Balaban J connectivity index is 1.60. The molecule has 2 aromatic rings. The van der Waals surface area contributed by atoms with Gasteiger partial charge in [-0.3, -0.25) is 0 Å². The Labute approximate surface area is 106 Å². The maximum absolute atomic E-state index is 5.34. The molecule has 0 spiro atoms. The van der Waals surface area contributed by atoms with Crippen molar-refractivity contribution >= 4 is 5.95 Å². The molecule has 1 aliphatic carbocycles. The second-order valence-electron chi connectivity index (χ2n) is 5.70. The van der Waals surface area contributed by atoms with E-state index >= 15 is 0 Å². The fourth-order valence-electron chi connectivity index (χ4n) is 2.94. The van der Waals surface area contributed by atoms with Gasteiger partial charge in [-0.1, -0.05) is 25.1 Å². The van der Waals surface area contributed by atoms with Crippen LogP contribution in [-0.2, 0) is 0 Å². The molecule has 2 atom stereocenters. The summed E-state index contributed by atoms with van der Waals surface area (Å²) in [6, 6.07) is 9.91. The van der Waals surface area contributed by atoms with E-state index in [0.29, 0.717) is 11.3 Å². The van der Waals surface area contributed by atoms with Crippen molar-refractivity contribution in [2.75, 3.05) is 18.0 Å². The molecular weight excluding hydrogens is 226 g/mol. The number of aromatic nitrogens is 2. The standard InChI is InChI=1S/C14H15N3O/c1-14-7-11(14)8-17(9-14)13-15-12(18-16-13)10-5-3-2-4-6-10/h2-6,11H,7-9H2,1H3. The fraction of sp³-hybridized carbons (Fsp3) is 0.429. The van der Waals surface area contributed by atoms with Gasteiger partial charge >= 0.3 is 0 Å². The molecule has 2 heterocycles. The lowest BCUT2D eigenvalue weighted by Gasteiger charge is -2.15. The maximum atomic E-state index is 5.34. The van der Waals surface area contributed by atoms with Gasteiger partial charge in [-0.05, 0) is 35.0 Å². The molecule has 4 nitrogen and oxygen atoms in total. The summed E-state index contributed by atoms with van der Waals surface area (Å²) in [7, 11) is 0. The molecule has 2 aliphatic rings. The molecule has 4 rings (SSSR count). The first-order chi connectivity index (χ1) is 8.74. The lowest BCUT2D eigenvalue weighted by Crippen LogP contribution is -2.24. The van der Waals surface area contributed by atoms with Gasteiger partial charge in [0.15, 0.2) is 0 Å². The molecule has 4 heteroatoms. The van der Waals surface area contributed by atoms with Crippen molar-refractivity contribution in [1.29, 1.82) is 0 Å². The summed E-state index contributed by atoms with van der Waals surface area (Å²) in [5.41, 5.74) is 1.49. The number of rotatable bonds is 2. The lowest BCUT2D eigenvalue weighted by molar-refractivity contribution is 0.429. The number of benzene rings is 1.